The van der Waals surface area contributed by atoms with Crippen LogP contribution in [0.2, 0.25) is 0 Å². The summed E-state index contributed by atoms with van der Waals surface area (Å²) in [6.45, 7) is 7.37. The van der Waals surface area contributed by atoms with Crippen molar-refractivity contribution in [2.24, 2.45) is 5.41 Å². The van der Waals surface area contributed by atoms with Crippen LogP contribution < -0.4 is 5.32 Å². The van der Waals surface area contributed by atoms with Crippen molar-refractivity contribution in [1.29, 1.82) is 5.26 Å². The van der Waals surface area contributed by atoms with E-state index in [2.05, 4.69) is 5.32 Å². The highest BCUT2D eigenvalue weighted by Crippen LogP contribution is 2.20. The van der Waals surface area contributed by atoms with Crippen molar-refractivity contribution < 1.29 is 14.0 Å². The molecule has 6 nitrogen and oxygen atoms in total. The number of hydrogen-bond donors (Lipinski definition) is 1. The van der Waals surface area contributed by atoms with E-state index in [9.17, 15) is 14.0 Å². The number of urea groups is 1. The van der Waals surface area contributed by atoms with Gasteiger partial charge in [-0.2, -0.15) is 5.26 Å². The molecule has 0 spiro atoms. The van der Waals surface area contributed by atoms with E-state index in [1.807, 2.05) is 26.8 Å². The molecule has 0 atom stereocenters. The van der Waals surface area contributed by atoms with Gasteiger partial charge in [-0.25, -0.2) is 9.18 Å². The van der Waals surface area contributed by atoms with Crippen LogP contribution in [-0.4, -0.2) is 47.9 Å². The fourth-order valence-electron chi connectivity index (χ4n) is 2.50. The van der Waals surface area contributed by atoms with Crippen molar-refractivity contribution in [2.75, 3.05) is 31.5 Å². The second-order valence-corrected chi connectivity index (χ2v) is 6.76. The number of carbonyl (C=O) groups excluding carboxylic acids is 2. The molecule has 24 heavy (non-hydrogen) atoms. The number of nitriles is 1. The minimum atomic E-state index is -0.529. The summed E-state index contributed by atoms with van der Waals surface area (Å²) in [7, 11) is 0. The molecule has 1 aliphatic rings. The van der Waals surface area contributed by atoms with Crippen molar-refractivity contribution in [1.82, 2.24) is 9.80 Å². The molecule has 1 saturated heterocycles. The summed E-state index contributed by atoms with van der Waals surface area (Å²) in [5.74, 6) is -0.466. The Kier molecular flexibility index (Phi) is 5.07. The Morgan fingerprint density at radius 3 is 2.29 bits per heavy atom. The minimum Gasteiger partial charge on any atom is -0.339 e. The molecular formula is C17H21FN4O2. The quantitative estimate of drug-likeness (QED) is 0.858. The van der Waals surface area contributed by atoms with Crippen LogP contribution in [0.5, 0.6) is 0 Å². The highest BCUT2D eigenvalue weighted by atomic mass is 19.1. The summed E-state index contributed by atoms with van der Waals surface area (Å²) in [4.78, 5) is 27.9. The molecule has 0 aromatic heterocycles. The first-order chi connectivity index (χ1) is 11.2. The van der Waals surface area contributed by atoms with Gasteiger partial charge in [-0.15, -0.1) is 0 Å². The topological polar surface area (TPSA) is 76.4 Å². The van der Waals surface area contributed by atoms with Gasteiger partial charge in [-0.3, -0.25) is 4.79 Å². The highest BCUT2D eigenvalue weighted by Gasteiger charge is 2.30. The molecule has 1 N–H and O–H groups in total. The molecule has 7 heteroatoms. The number of piperazine rings is 1. The molecule has 0 radical (unpaired) electrons. The zero-order valence-electron chi connectivity index (χ0n) is 14.1. The number of benzene rings is 1. The minimum absolute atomic E-state index is 0.0628. The van der Waals surface area contributed by atoms with Crippen LogP contribution in [0, 0.1) is 22.6 Å². The van der Waals surface area contributed by atoms with Crippen molar-refractivity contribution in [3.63, 3.8) is 0 Å². The molecule has 1 aromatic rings. The van der Waals surface area contributed by atoms with Gasteiger partial charge in [0.1, 0.15) is 11.9 Å². The van der Waals surface area contributed by atoms with Gasteiger partial charge in [0.25, 0.3) is 0 Å². The number of hydrogen-bond acceptors (Lipinski definition) is 3. The fourth-order valence-corrected chi connectivity index (χ4v) is 2.50. The molecule has 2 rings (SSSR count). The second kappa shape index (κ2) is 6.87. The Morgan fingerprint density at radius 2 is 1.75 bits per heavy atom. The van der Waals surface area contributed by atoms with Crippen LogP contribution in [0.4, 0.5) is 14.9 Å². The van der Waals surface area contributed by atoms with Gasteiger partial charge in [0.05, 0.1) is 11.3 Å². The molecule has 1 aliphatic heterocycles. The molecule has 0 bridgehead atoms. The third-order valence-electron chi connectivity index (χ3n) is 3.84. The SMILES string of the molecule is CC(C)(C)C(=O)N1CCN(C(=O)Nc2ccc(F)cc2C#N)CC1. The lowest BCUT2D eigenvalue weighted by atomic mass is 9.94. The zero-order valence-corrected chi connectivity index (χ0v) is 14.1. The average Bonchev–Trinajstić information content (AvgIpc) is 2.55. The molecule has 0 unspecified atom stereocenters. The monoisotopic (exact) mass is 332 g/mol. The van der Waals surface area contributed by atoms with Gasteiger partial charge < -0.3 is 15.1 Å². The standard InChI is InChI=1S/C17H21FN4O2/c1-17(2,3)15(23)21-6-8-22(9-7-21)16(24)20-14-5-4-13(18)10-12(14)11-19/h4-5,10H,6-9H2,1-3H3,(H,20,24). The Labute approximate surface area is 140 Å². The van der Waals surface area contributed by atoms with Gasteiger partial charge >= 0.3 is 6.03 Å². The Morgan fingerprint density at radius 1 is 1.17 bits per heavy atom. The first-order valence-corrected chi connectivity index (χ1v) is 7.77. The van der Waals surface area contributed by atoms with Crippen LogP contribution in [0.1, 0.15) is 26.3 Å². The van der Waals surface area contributed by atoms with Gasteiger partial charge in [0, 0.05) is 31.6 Å². The van der Waals surface area contributed by atoms with Crippen molar-refractivity contribution in [3.05, 3.63) is 29.6 Å². The molecule has 1 heterocycles. The van der Waals surface area contributed by atoms with Crippen LogP contribution in [0.3, 0.4) is 0 Å². The lowest BCUT2D eigenvalue weighted by molar-refractivity contribution is -0.140. The smallest absolute Gasteiger partial charge is 0.322 e. The number of nitrogens with one attached hydrogen (secondary N) is 1. The number of rotatable bonds is 1. The Bertz CT molecular complexity index is 683. The summed E-state index contributed by atoms with van der Waals surface area (Å²) in [5, 5.41) is 11.6. The average molecular weight is 332 g/mol. The number of amides is 3. The normalized spacial score (nSPS) is 15.0. The maximum atomic E-state index is 13.1. The zero-order chi connectivity index (χ0) is 17.9. The predicted molar refractivity (Wildman–Crippen MR) is 87.7 cm³/mol. The summed E-state index contributed by atoms with van der Waals surface area (Å²) < 4.78 is 13.1. The third-order valence-corrected chi connectivity index (χ3v) is 3.84. The number of carbonyl (C=O) groups is 2. The maximum absolute atomic E-state index is 13.1. The Hall–Kier alpha value is -2.62. The van der Waals surface area contributed by atoms with Gasteiger partial charge in [0.15, 0.2) is 0 Å². The first-order valence-electron chi connectivity index (χ1n) is 7.77. The molecule has 0 aliphatic carbocycles. The lowest BCUT2D eigenvalue weighted by Gasteiger charge is -2.37. The summed E-state index contributed by atoms with van der Waals surface area (Å²) in [6, 6.07) is 5.13. The molecule has 128 valence electrons. The van der Waals surface area contributed by atoms with E-state index < -0.39 is 11.2 Å². The van der Waals surface area contributed by atoms with Crippen LogP contribution in [0.15, 0.2) is 18.2 Å². The third kappa shape index (κ3) is 4.02. The largest absolute Gasteiger partial charge is 0.339 e. The first kappa shape index (κ1) is 17.7. The van der Waals surface area contributed by atoms with Crippen molar-refractivity contribution >= 4 is 17.6 Å². The fraction of sp³-hybridized carbons (Fsp3) is 0.471. The lowest BCUT2D eigenvalue weighted by Crippen LogP contribution is -2.53. The Balaban J connectivity index is 1.97. The van der Waals surface area contributed by atoms with E-state index in [1.54, 1.807) is 9.80 Å². The van der Waals surface area contributed by atoms with Gasteiger partial charge in [-0.1, -0.05) is 20.8 Å². The van der Waals surface area contributed by atoms with E-state index in [0.717, 1.165) is 6.07 Å². The second-order valence-electron chi connectivity index (χ2n) is 6.76. The van der Waals surface area contributed by atoms with E-state index in [1.165, 1.54) is 12.1 Å². The summed E-state index contributed by atoms with van der Waals surface area (Å²) >= 11 is 0. The van der Waals surface area contributed by atoms with Gasteiger partial charge in [-0.05, 0) is 18.2 Å². The van der Waals surface area contributed by atoms with Crippen LogP contribution >= 0.6 is 0 Å². The van der Waals surface area contributed by atoms with Crippen LogP contribution in [0.25, 0.3) is 0 Å². The molecule has 1 fully saturated rings. The van der Waals surface area contributed by atoms with E-state index in [-0.39, 0.29) is 23.2 Å². The number of anilines is 1. The van der Waals surface area contributed by atoms with Crippen molar-refractivity contribution in [3.8, 4) is 6.07 Å². The summed E-state index contributed by atoms with van der Waals surface area (Å²) in [6.07, 6.45) is 0. The van der Waals surface area contributed by atoms with Gasteiger partial charge in [0.2, 0.25) is 5.91 Å². The number of halogens is 1. The molecule has 1 aromatic carbocycles. The van der Waals surface area contributed by atoms with Crippen molar-refractivity contribution in [2.45, 2.75) is 20.8 Å². The predicted octanol–water partition coefficient (Wildman–Crippen LogP) is 2.42. The molecule has 0 saturated carbocycles. The van der Waals surface area contributed by atoms with E-state index >= 15 is 0 Å². The molecular weight excluding hydrogens is 311 g/mol. The molecule has 3 amide bonds. The summed E-state index contributed by atoms with van der Waals surface area (Å²) in [5.41, 5.74) is -0.0951. The number of nitrogens with zero attached hydrogens (tertiary/aromatic N) is 3. The van der Waals surface area contributed by atoms with E-state index in [0.29, 0.717) is 26.2 Å². The van der Waals surface area contributed by atoms with E-state index in [4.69, 9.17) is 5.26 Å². The van der Waals surface area contributed by atoms with Crippen LogP contribution in [-0.2, 0) is 4.79 Å². The maximum Gasteiger partial charge on any atom is 0.322 e. The highest BCUT2D eigenvalue weighted by molar-refractivity contribution is 5.91.